The quantitative estimate of drug-likeness (QED) is 0.724. The van der Waals surface area contributed by atoms with Gasteiger partial charge in [-0.05, 0) is 26.0 Å². The standard InChI is InChI=1S/C12H14N2O2/c1-12(2)8-10(15)14(13-12)11(16)9-6-4-3-5-7-9/h3-7,13H,8H2,1-2H3. The molecular weight excluding hydrogens is 204 g/mol. The lowest BCUT2D eigenvalue weighted by molar-refractivity contribution is -0.126. The van der Waals surface area contributed by atoms with Gasteiger partial charge in [0, 0.05) is 17.5 Å². The van der Waals surface area contributed by atoms with E-state index < -0.39 is 0 Å². The van der Waals surface area contributed by atoms with E-state index in [4.69, 9.17) is 0 Å². The molecule has 0 atom stereocenters. The molecule has 0 unspecified atom stereocenters. The third-order valence-corrected chi connectivity index (χ3v) is 2.48. The molecule has 1 heterocycles. The Morgan fingerprint density at radius 2 is 1.94 bits per heavy atom. The van der Waals surface area contributed by atoms with Crippen molar-refractivity contribution in [3.8, 4) is 0 Å². The van der Waals surface area contributed by atoms with Gasteiger partial charge >= 0.3 is 0 Å². The van der Waals surface area contributed by atoms with Crippen LogP contribution in [0.1, 0.15) is 30.6 Å². The van der Waals surface area contributed by atoms with Crippen LogP contribution in [0, 0.1) is 0 Å². The summed E-state index contributed by atoms with van der Waals surface area (Å²) in [6.07, 6.45) is 0.339. The summed E-state index contributed by atoms with van der Waals surface area (Å²) >= 11 is 0. The van der Waals surface area contributed by atoms with Gasteiger partial charge < -0.3 is 0 Å². The highest BCUT2D eigenvalue weighted by Crippen LogP contribution is 2.20. The summed E-state index contributed by atoms with van der Waals surface area (Å²) in [5, 5.41) is 1.11. The van der Waals surface area contributed by atoms with E-state index in [0.29, 0.717) is 12.0 Å². The third-order valence-electron chi connectivity index (χ3n) is 2.48. The first kappa shape index (κ1) is 10.8. The molecule has 0 bridgehead atoms. The van der Waals surface area contributed by atoms with Gasteiger partial charge in [0.25, 0.3) is 5.91 Å². The maximum atomic E-state index is 12.0. The monoisotopic (exact) mass is 218 g/mol. The molecule has 1 aliphatic heterocycles. The van der Waals surface area contributed by atoms with Crippen LogP contribution in [0.4, 0.5) is 0 Å². The number of benzene rings is 1. The minimum Gasteiger partial charge on any atom is -0.273 e. The fraction of sp³-hybridized carbons (Fsp3) is 0.333. The summed E-state index contributed by atoms with van der Waals surface area (Å²) in [5.41, 5.74) is 3.08. The van der Waals surface area contributed by atoms with Crippen molar-refractivity contribution in [1.29, 1.82) is 0 Å². The van der Waals surface area contributed by atoms with Crippen molar-refractivity contribution in [2.75, 3.05) is 0 Å². The smallest absolute Gasteiger partial charge is 0.273 e. The van der Waals surface area contributed by atoms with Gasteiger partial charge in [-0.3, -0.25) is 9.59 Å². The zero-order valence-corrected chi connectivity index (χ0v) is 9.36. The first-order chi connectivity index (χ1) is 7.49. The molecule has 1 aliphatic rings. The number of carbonyl (C=O) groups is 2. The number of hydrogen-bond donors (Lipinski definition) is 1. The number of nitrogens with zero attached hydrogens (tertiary/aromatic N) is 1. The molecule has 1 aromatic rings. The highest BCUT2D eigenvalue weighted by molar-refractivity contribution is 6.05. The second kappa shape index (κ2) is 3.72. The Hall–Kier alpha value is -1.68. The molecule has 0 radical (unpaired) electrons. The number of hydrazine groups is 1. The van der Waals surface area contributed by atoms with Crippen LogP contribution in [0.3, 0.4) is 0 Å². The van der Waals surface area contributed by atoms with Crippen molar-refractivity contribution in [1.82, 2.24) is 10.4 Å². The van der Waals surface area contributed by atoms with Crippen LogP contribution in [0.15, 0.2) is 30.3 Å². The average Bonchev–Trinajstić information content (AvgIpc) is 2.52. The van der Waals surface area contributed by atoms with E-state index in [1.165, 1.54) is 0 Å². The maximum absolute atomic E-state index is 12.0. The minimum atomic E-state index is -0.346. The molecule has 1 N–H and O–H groups in total. The van der Waals surface area contributed by atoms with Crippen molar-refractivity contribution in [2.24, 2.45) is 0 Å². The Balaban J connectivity index is 2.21. The highest BCUT2D eigenvalue weighted by atomic mass is 16.2. The van der Waals surface area contributed by atoms with E-state index in [-0.39, 0.29) is 17.4 Å². The van der Waals surface area contributed by atoms with Crippen LogP contribution < -0.4 is 5.43 Å². The average molecular weight is 218 g/mol. The third kappa shape index (κ3) is 1.97. The van der Waals surface area contributed by atoms with Crippen molar-refractivity contribution >= 4 is 11.8 Å². The van der Waals surface area contributed by atoms with Gasteiger partial charge in [0.15, 0.2) is 0 Å². The second-order valence-electron chi connectivity index (χ2n) is 4.57. The lowest BCUT2D eigenvalue weighted by atomic mass is 10.0. The van der Waals surface area contributed by atoms with Crippen LogP contribution in [-0.2, 0) is 4.79 Å². The molecule has 0 saturated carbocycles. The molecule has 0 aromatic heterocycles. The lowest BCUT2D eigenvalue weighted by Crippen LogP contribution is -2.45. The molecule has 1 aromatic carbocycles. The topological polar surface area (TPSA) is 49.4 Å². The SMILES string of the molecule is CC1(C)CC(=O)N(C(=O)c2ccccc2)N1. The van der Waals surface area contributed by atoms with Gasteiger partial charge in [-0.15, -0.1) is 0 Å². The molecule has 1 saturated heterocycles. The number of hydrogen-bond acceptors (Lipinski definition) is 3. The summed E-state index contributed by atoms with van der Waals surface area (Å²) in [6.45, 7) is 3.78. The van der Waals surface area contributed by atoms with Gasteiger partial charge in [0.1, 0.15) is 0 Å². The van der Waals surface area contributed by atoms with Gasteiger partial charge in [0.2, 0.25) is 5.91 Å². The molecule has 84 valence electrons. The zero-order valence-electron chi connectivity index (χ0n) is 9.36. The normalized spacial score (nSPS) is 18.9. The fourth-order valence-electron chi connectivity index (χ4n) is 1.74. The van der Waals surface area contributed by atoms with Gasteiger partial charge in [-0.25, -0.2) is 10.4 Å². The van der Waals surface area contributed by atoms with Crippen molar-refractivity contribution in [2.45, 2.75) is 25.8 Å². The molecule has 1 fully saturated rings. The molecule has 2 rings (SSSR count). The van der Waals surface area contributed by atoms with Crippen LogP contribution >= 0.6 is 0 Å². The summed E-state index contributed by atoms with van der Waals surface area (Å²) in [7, 11) is 0. The number of amides is 2. The number of nitrogens with one attached hydrogen (secondary N) is 1. The van der Waals surface area contributed by atoms with Gasteiger partial charge in [-0.2, -0.15) is 0 Å². The summed E-state index contributed by atoms with van der Waals surface area (Å²) in [6, 6.07) is 8.78. The van der Waals surface area contributed by atoms with E-state index in [1.54, 1.807) is 24.3 Å². The molecule has 0 spiro atoms. The Kier molecular flexibility index (Phi) is 2.52. The highest BCUT2D eigenvalue weighted by Gasteiger charge is 2.38. The largest absolute Gasteiger partial charge is 0.275 e. The van der Waals surface area contributed by atoms with E-state index in [0.717, 1.165) is 5.01 Å². The minimum absolute atomic E-state index is 0.182. The van der Waals surface area contributed by atoms with Crippen molar-refractivity contribution in [3.05, 3.63) is 35.9 Å². The second-order valence-corrected chi connectivity index (χ2v) is 4.57. The van der Waals surface area contributed by atoms with Crippen molar-refractivity contribution in [3.63, 3.8) is 0 Å². The van der Waals surface area contributed by atoms with E-state index in [1.807, 2.05) is 19.9 Å². The Labute approximate surface area is 94.2 Å². The molecule has 2 amide bonds. The predicted octanol–water partition coefficient (Wildman–Crippen LogP) is 1.34. The molecule has 16 heavy (non-hydrogen) atoms. The Bertz CT molecular complexity index is 426. The van der Waals surface area contributed by atoms with Crippen LogP contribution in [0.25, 0.3) is 0 Å². The van der Waals surface area contributed by atoms with E-state index in [9.17, 15) is 9.59 Å². The van der Waals surface area contributed by atoms with Crippen LogP contribution in [0.5, 0.6) is 0 Å². The molecule has 0 aliphatic carbocycles. The van der Waals surface area contributed by atoms with Crippen LogP contribution in [-0.4, -0.2) is 22.4 Å². The summed E-state index contributed by atoms with van der Waals surface area (Å²) < 4.78 is 0. The molecular formula is C12H14N2O2. The fourth-order valence-corrected chi connectivity index (χ4v) is 1.74. The summed E-state index contributed by atoms with van der Waals surface area (Å²) in [5.74, 6) is -0.477. The van der Waals surface area contributed by atoms with Gasteiger partial charge in [-0.1, -0.05) is 18.2 Å². The number of imide groups is 1. The van der Waals surface area contributed by atoms with Crippen molar-refractivity contribution < 1.29 is 9.59 Å². The first-order valence-corrected chi connectivity index (χ1v) is 5.20. The number of rotatable bonds is 1. The lowest BCUT2D eigenvalue weighted by Gasteiger charge is -2.20. The van der Waals surface area contributed by atoms with Gasteiger partial charge in [0.05, 0.1) is 0 Å². The molecule has 4 heteroatoms. The van der Waals surface area contributed by atoms with E-state index in [2.05, 4.69) is 5.43 Å². The Morgan fingerprint density at radius 1 is 1.31 bits per heavy atom. The predicted molar refractivity (Wildman–Crippen MR) is 59.5 cm³/mol. The van der Waals surface area contributed by atoms with Crippen LogP contribution in [0.2, 0.25) is 0 Å². The zero-order chi connectivity index (χ0) is 11.8. The first-order valence-electron chi connectivity index (χ1n) is 5.20. The van der Waals surface area contributed by atoms with E-state index >= 15 is 0 Å². The maximum Gasteiger partial charge on any atom is 0.275 e. The number of carbonyl (C=O) groups excluding carboxylic acids is 2. The summed E-state index contributed by atoms with van der Waals surface area (Å²) in [4.78, 5) is 23.6. The Morgan fingerprint density at radius 3 is 2.44 bits per heavy atom. The molecule has 4 nitrogen and oxygen atoms in total.